The molecule has 2 N–H and O–H groups in total. The van der Waals surface area contributed by atoms with Gasteiger partial charge in [0, 0.05) is 43.7 Å². The van der Waals surface area contributed by atoms with Crippen molar-refractivity contribution in [3.63, 3.8) is 0 Å². The first kappa shape index (κ1) is 27.5. The standard InChI is InChI=1S/C30H33N9O2/c1-21-26(18-32-37(21)4)34-29-31-17-23-20-38(19-22-10-6-5-7-11-22)30(41)39(28(23)35-29)25-13-8-12-24(16-25)33-27(40)14-9-15-36(2)3/h5-14,16-18H,15,19-20H2,1-4H3,(H,33,40)(H,31,34,35)/b14-9+. The van der Waals surface area contributed by atoms with Crippen LogP contribution >= 0.6 is 0 Å². The highest BCUT2D eigenvalue weighted by molar-refractivity contribution is 6.03. The summed E-state index contributed by atoms with van der Waals surface area (Å²) in [6.45, 7) is 3.38. The summed E-state index contributed by atoms with van der Waals surface area (Å²) in [5.74, 6) is 0.582. The van der Waals surface area contributed by atoms with E-state index in [1.54, 1.807) is 51.2 Å². The lowest BCUT2D eigenvalue weighted by Gasteiger charge is -2.36. The van der Waals surface area contributed by atoms with Gasteiger partial charge in [-0.1, -0.05) is 42.5 Å². The fourth-order valence-corrected chi connectivity index (χ4v) is 4.45. The van der Waals surface area contributed by atoms with Gasteiger partial charge in [0.1, 0.15) is 0 Å². The minimum atomic E-state index is -0.249. The minimum Gasteiger partial charge on any atom is -0.322 e. The molecular formula is C30H33N9O2. The van der Waals surface area contributed by atoms with E-state index in [-0.39, 0.29) is 11.9 Å². The number of carbonyl (C=O) groups excluding carboxylic acids is 2. The second-order valence-corrected chi connectivity index (χ2v) is 10.1. The number of nitrogens with zero attached hydrogens (tertiary/aromatic N) is 7. The molecule has 2 aromatic heterocycles. The van der Waals surface area contributed by atoms with Gasteiger partial charge in [0.2, 0.25) is 11.9 Å². The molecule has 1 aliphatic heterocycles. The Kier molecular flexibility index (Phi) is 8.06. The number of hydrogen-bond donors (Lipinski definition) is 2. The SMILES string of the molecule is Cc1c(Nc2ncc3c(n2)N(c2cccc(NC(=O)/C=C/CN(C)C)c2)C(=O)N(Cc2ccccc2)C3)cnn1C. The fraction of sp³-hybridized carbons (Fsp3) is 0.233. The van der Waals surface area contributed by atoms with Crippen LogP contribution in [0.2, 0.25) is 0 Å². The topological polar surface area (TPSA) is 112 Å². The highest BCUT2D eigenvalue weighted by atomic mass is 16.2. The highest BCUT2D eigenvalue weighted by Gasteiger charge is 2.33. The van der Waals surface area contributed by atoms with E-state index in [1.807, 2.05) is 69.4 Å². The van der Waals surface area contributed by atoms with Gasteiger partial charge in [-0.25, -0.2) is 14.7 Å². The van der Waals surface area contributed by atoms with E-state index in [4.69, 9.17) is 4.98 Å². The molecule has 0 aliphatic carbocycles. The number of fused-ring (bicyclic) bond motifs is 1. The van der Waals surface area contributed by atoms with Crippen molar-refractivity contribution < 1.29 is 9.59 Å². The zero-order chi connectivity index (χ0) is 28.9. The van der Waals surface area contributed by atoms with Crippen LogP contribution in [0.4, 0.5) is 33.6 Å². The molecule has 0 bridgehead atoms. The molecule has 4 aromatic rings. The number of urea groups is 1. The fourth-order valence-electron chi connectivity index (χ4n) is 4.45. The van der Waals surface area contributed by atoms with Crippen LogP contribution in [0.5, 0.6) is 0 Å². The number of rotatable bonds is 9. The minimum absolute atomic E-state index is 0.224. The van der Waals surface area contributed by atoms with E-state index in [0.717, 1.165) is 22.5 Å². The molecule has 0 saturated carbocycles. The van der Waals surface area contributed by atoms with Crippen molar-refractivity contribution in [2.75, 3.05) is 36.2 Å². The Balaban J connectivity index is 1.48. The van der Waals surface area contributed by atoms with Gasteiger partial charge in [-0.05, 0) is 44.8 Å². The predicted molar refractivity (Wildman–Crippen MR) is 159 cm³/mol. The normalized spacial score (nSPS) is 13.1. The summed E-state index contributed by atoms with van der Waals surface area (Å²) >= 11 is 0. The molecule has 2 aromatic carbocycles. The first-order chi connectivity index (χ1) is 19.8. The number of aromatic nitrogens is 4. The Labute approximate surface area is 239 Å². The van der Waals surface area contributed by atoms with Crippen LogP contribution in [0.3, 0.4) is 0 Å². The van der Waals surface area contributed by atoms with E-state index >= 15 is 0 Å². The molecule has 0 radical (unpaired) electrons. The van der Waals surface area contributed by atoms with Crippen molar-refractivity contribution in [3.8, 4) is 0 Å². The van der Waals surface area contributed by atoms with E-state index in [0.29, 0.717) is 42.8 Å². The summed E-state index contributed by atoms with van der Waals surface area (Å²) in [6.07, 6.45) is 6.75. The molecule has 0 unspecified atom stereocenters. The number of anilines is 5. The van der Waals surface area contributed by atoms with E-state index < -0.39 is 0 Å². The molecule has 0 fully saturated rings. The summed E-state index contributed by atoms with van der Waals surface area (Å²) in [6, 6.07) is 16.8. The molecule has 3 amide bonds. The molecule has 210 valence electrons. The molecule has 11 heteroatoms. The van der Waals surface area contributed by atoms with Gasteiger partial charge < -0.3 is 20.4 Å². The van der Waals surface area contributed by atoms with Gasteiger partial charge in [0.15, 0.2) is 5.82 Å². The Bertz CT molecular complexity index is 1580. The lowest BCUT2D eigenvalue weighted by Crippen LogP contribution is -2.45. The Morgan fingerprint density at radius 2 is 1.90 bits per heavy atom. The van der Waals surface area contributed by atoms with Crippen molar-refractivity contribution in [1.29, 1.82) is 0 Å². The van der Waals surface area contributed by atoms with Crippen LogP contribution in [0.1, 0.15) is 16.8 Å². The summed E-state index contributed by atoms with van der Waals surface area (Å²) < 4.78 is 1.76. The third kappa shape index (κ3) is 6.42. The van der Waals surface area contributed by atoms with Gasteiger partial charge >= 0.3 is 6.03 Å². The molecule has 0 spiro atoms. The average Bonchev–Trinajstić information content (AvgIpc) is 3.26. The molecule has 3 heterocycles. The van der Waals surface area contributed by atoms with Crippen LogP contribution in [0.25, 0.3) is 0 Å². The number of hydrogen-bond acceptors (Lipinski definition) is 7. The Morgan fingerprint density at radius 3 is 2.63 bits per heavy atom. The summed E-state index contributed by atoms with van der Waals surface area (Å²) in [4.78, 5) is 41.1. The number of amides is 3. The van der Waals surface area contributed by atoms with Crippen molar-refractivity contribution in [2.45, 2.75) is 20.0 Å². The quantitative estimate of drug-likeness (QED) is 0.293. The predicted octanol–water partition coefficient (Wildman–Crippen LogP) is 4.59. The monoisotopic (exact) mass is 551 g/mol. The summed E-state index contributed by atoms with van der Waals surface area (Å²) in [5.41, 5.74) is 4.66. The molecule has 0 atom stereocenters. The van der Waals surface area contributed by atoms with Gasteiger partial charge in [0.05, 0.1) is 29.8 Å². The lowest BCUT2D eigenvalue weighted by molar-refractivity contribution is -0.111. The number of likely N-dealkylation sites (N-methyl/N-ethyl adjacent to an activating group) is 1. The number of carbonyl (C=O) groups is 2. The van der Waals surface area contributed by atoms with E-state index in [2.05, 4.69) is 20.7 Å². The third-order valence-electron chi connectivity index (χ3n) is 6.69. The third-order valence-corrected chi connectivity index (χ3v) is 6.69. The summed E-state index contributed by atoms with van der Waals surface area (Å²) in [5, 5.41) is 10.4. The van der Waals surface area contributed by atoms with Gasteiger partial charge in [-0.15, -0.1) is 0 Å². The first-order valence-electron chi connectivity index (χ1n) is 13.3. The second kappa shape index (κ2) is 12.0. The maximum absolute atomic E-state index is 14.0. The smallest absolute Gasteiger partial charge is 0.322 e. The Hall–Kier alpha value is -5.03. The number of aryl methyl sites for hydroxylation is 1. The van der Waals surface area contributed by atoms with Gasteiger partial charge in [0.25, 0.3) is 0 Å². The highest BCUT2D eigenvalue weighted by Crippen LogP contribution is 2.36. The molecule has 41 heavy (non-hydrogen) atoms. The van der Waals surface area contributed by atoms with Crippen molar-refractivity contribution >= 4 is 40.8 Å². The Morgan fingerprint density at radius 1 is 1.10 bits per heavy atom. The first-order valence-corrected chi connectivity index (χ1v) is 13.3. The number of benzene rings is 2. The van der Waals surface area contributed by atoms with E-state index in [9.17, 15) is 9.59 Å². The van der Waals surface area contributed by atoms with Crippen LogP contribution in [-0.2, 0) is 24.9 Å². The maximum atomic E-state index is 14.0. The number of nitrogens with one attached hydrogen (secondary N) is 2. The van der Waals surface area contributed by atoms with Gasteiger partial charge in [-0.2, -0.15) is 10.1 Å². The average molecular weight is 552 g/mol. The van der Waals surface area contributed by atoms with Crippen molar-refractivity contribution in [3.05, 3.63) is 96.0 Å². The molecule has 1 aliphatic rings. The molecule has 5 rings (SSSR count). The zero-order valence-electron chi connectivity index (χ0n) is 23.6. The van der Waals surface area contributed by atoms with Crippen molar-refractivity contribution in [1.82, 2.24) is 29.5 Å². The summed E-state index contributed by atoms with van der Waals surface area (Å²) in [7, 11) is 5.73. The van der Waals surface area contributed by atoms with Crippen LogP contribution in [0, 0.1) is 6.92 Å². The lowest BCUT2D eigenvalue weighted by atomic mass is 10.1. The van der Waals surface area contributed by atoms with Gasteiger partial charge in [-0.3, -0.25) is 9.48 Å². The van der Waals surface area contributed by atoms with Crippen LogP contribution in [-0.4, -0.2) is 62.1 Å². The van der Waals surface area contributed by atoms with Crippen molar-refractivity contribution in [2.24, 2.45) is 7.05 Å². The largest absolute Gasteiger partial charge is 0.330 e. The molecule has 0 saturated heterocycles. The van der Waals surface area contributed by atoms with E-state index in [1.165, 1.54) is 6.08 Å². The second-order valence-electron chi connectivity index (χ2n) is 10.1. The maximum Gasteiger partial charge on any atom is 0.330 e. The zero-order valence-corrected chi connectivity index (χ0v) is 23.6. The van der Waals surface area contributed by atoms with Crippen LogP contribution in [0.15, 0.2) is 79.1 Å². The van der Waals surface area contributed by atoms with Crippen LogP contribution < -0.4 is 15.5 Å². The molecule has 11 nitrogen and oxygen atoms in total. The molecular weight excluding hydrogens is 518 g/mol.